The van der Waals surface area contributed by atoms with Crippen molar-refractivity contribution in [2.45, 2.75) is 69.1 Å². The number of nitrogens with one attached hydrogen (secondary N) is 5. The Kier molecular flexibility index (Phi) is 15.2. The number of hydrogen-bond acceptors (Lipinski definition) is 10. The highest BCUT2D eigenvalue weighted by Crippen LogP contribution is 2.12. The predicted octanol–water partition coefficient (Wildman–Crippen LogP) is 0.660. The third-order valence-corrected chi connectivity index (χ3v) is 8.15. The molecule has 1 aromatic carbocycles. The lowest BCUT2D eigenvalue weighted by molar-refractivity contribution is -0.133. The van der Waals surface area contributed by atoms with Crippen LogP contribution in [0.15, 0.2) is 90.0 Å². The molecule has 16 nitrogen and oxygen atoms in total. The number of nitrogens with zero attached hydrogens (tertiary/aromatic N) is 2. The van der Waals surface area contributed by atoms with Gasteiger partial charge >= 0.3 is 0 Å². The van der Waals surface area contributed by atoms with Gasteiger partial charge in [0.25, 0.3) is 5.91 Å². The summed E-state index contributed by atoms with van der Waals surface area (Å²) in [4.78, 5) is 99.1. The average Bonchev–Trinajstić information content (AvgIpc) is 3.67. The molecule has 0 saturated carbocycles. The quantitative estimate of drug-likeness (QED) is 0.151. The molecule has 1 aliphatic rings. The zero-order chi connectivity index (χ0) is 38.0. The Labute approximate surface area is 305 Å². The topological polar surface area (TPSA) is 245 Å². The maximum Gasteiger partial charge on any atom is 0.271 e. The number of Topliss-reactive ketones (excluding diaryl/α,β-unsaturated/α-hetero) is 1. The second-order valence-electron chi connectivity index (χ2n) is 12.2. The van der Waals surface area contributed by atoms with Gasteiger partial charge in [0.05, 0.1) is 18.5 Å². The standard InChI is InChI=1S/C37H42N8O8/c38-34(49)27-12-5-15-31(46)26(14-6-18-41-35(50)30-23-39-19-20-40-30)44-37(52)29(22-25-11-7-21-53-25)45-36(51)28(43-33(48)17-16-32(47)42-27)13-4-10-24-8-2-1-3-9-24/h1-4,7-11,16-17,19-21,23,26-29H,5-6,12-15,18,22H2,(H2,38,49)(H,41,50)(H,42,47)(H,43,48)(H,44,52)(H,45,51)/b10-4+,17-16?. The normalized spacial score (nSPS) is 20.7. The molecule has 16 heteroatoms. The zero-order valence-electron chi connectivity index (χ0n) is 28.9. The Morgan fingerprint density at radius 2 is 1.62 bits per heavy atom. The van der Waals surface area contributed by atoms with Crippen molar-refractivity contribution in [3.8, 4) is 0 Å². The number of benzene rings is 1. The Morgan fingerprint density at radius 1 is 0.887 bits per heavy atom. The molecular formula is C37H42N8O8. The number of carbonyl (C=O) groups is 7. The summed E-state index contributed by atoms with van der Waals surface area (Å²) < 4.78 is 5.46. The van der Waals surface area contributed by atoms with Gasteiger partial charge in [0.2, 0.25) is 29.5 Å². The van der Waals surface area contributed by atoms with Crippen molar-refractivity contribution in [3.05, 3.63) is 103 Å². The number of furan rings is 1. The van der Waals surface area contributed by atoms with E-state index in [9.17, 15) is 33.6 Å². The van der Waals surface area contributed by atoms with Crippen LogP contribution in [-0.2, 0) is 35.2 Å². The monoisotopic (exact) mass is 726 g/mol. The molecule has 0 saturated heterocycles. The van der Waals surface area contributed by atoms with E-state index in [0.717, 1.165) is 17.7 Å². The molecule has 7 N–H and O–H groups in total. The largest absolute Gasteiger partial charge is 0.469 e. The Bertz CT molecular complexity index is 1780. The van der Waals surface area contributed by atoms with Gasteiger partial charge in [0, 0.05) is 43.9 Å². The number of carbonyl (C=O) groups excluding carboxylic acids is 7. The molecular weight excluding hydrogens is 684 g/mol. The van der Waals surface area contributed by atoms with Gasteiger partial charge in [0.1, 0.15) is 29.6 Å². The first-order valence-corrected chi connectivity index (χ1v) is 17.1. The summed E-state index contributed by atoms with van der Waals surface area (Å²) in [5.41, 5.74) is 6.46. The van der Waals surface area contributed by atoms with E-state index in [1.54, 1.807) is 24.3 Å². The first kappa shape index (κ1) is 39.3. The molecule has 1 aliphatic heterocycles. The van der Waals surface area contributed by atoms with E-state index in [-0.39, 0.29) is 63.0 Å². The lowest BCUT2D eigenvalue weighted by atomic mass is 9.99. The van der Waals surface area contributed by atoms with Crippen molar-refractivity contribution < 1.29 is 38.0 Å². The number of aromatic nitrogens is 2. The molecule has 278 valence electrons. The summed E-state index contributed by atoms with van der Waals surface area (Å²) in [5, 5.41) is 13.1. The summed E-state index contributed by atoms with van der Waals surface area (Å²) in [7, 11) is 0. The first-order chi connectivity index (χ1) is 25.6. The molecule has 4 rings (SSSR count). The Morgan fingerprint density at radius 3 is 2.32 bits per heavy atom. The molecule has 0 aliphatic carbocycles. The number of nitrogens with two attached hydrogens (primary N) is 1. The van der Waals surface area contributed by atoms with Crippen molar-refractivity contribution in [2.75, 3.05) is 6.54 Å². The van der Waals surface area contributed by atoms with E-state index in [1.165, 1.54) is 24.9 Å². The summed E-state index contributed by atoms with van der Waals surface area (Å²) in [6.45, 7) is 0.142. The average molecular weight is 727 g/mol. The second kappa shape index (κ2) is 20.4. The maximum atomic E-state index is 13.9. The van der Waals surface area contributed by atoms with Gasteiger partial charge in [-0.2, -0.15) is 0 Å². The molecule has 0 radical (unpaired) electrons. The van der Waals surface area contributed by atoms with Crippen LogP contribution in [0.1, 0.15) is 60.3 Å². The van der Waals surface area contributed by atoms with Gasteiger partial charge in [-0.1, -0.05) is 42.5 Å². The van der Waals surface area contributed by atoms with E-state index < -0.39 is 59.6 Å². The van der Waals surface area contributed by atoms with Crippen LogP contribution in [0.4, 0.5) is 0 Å². The molecule has 4 atom stereocenters. The van der Waals surface area contributed by atoms with Gasteiger partial charge in [0.15, 0.2) is 5.78 Å². The SMILES string of the molecule is NC(=O)C1CCCC(=O)C(CCCNC(=O)c2cnccn2)NC(=O)C(Cc2ccco2)NC(=O)C(C/C=C/c2ccccc2)NC(=O)C=CC(=O)N1. The molecule has 3 aromatic rings. The summed E-state index contributed by atoms with van der Waals surface area (Å²) in [6, 6.07) is 7.85. The number of hydrogen-bond donors (Lipinski definition) is 6. The van der Waals surface area contributed by atoms with Crippen molar-refractivity contribution in [1.29, 1.82) is 0 Å². The van der Waals surface area contributed by atoms with Crippen molar-refractivity contribution in [3.63, 3.8) is 0 Å². The van der Waals surface area contributed by atoms with Gasteiger partial charge < -0.3 is 36.7 Å². The molecule has 0 fully saturated rings. The minimum atomic E-state index is -1.24. The number of amides is 6. The van der Waals surface area contributed by atoms with E-state index >= 15 is 0 Å². The Balaban J connectivity index is 1.58. The number of ketones is 1. The van der Waals surface area contributed by atoms with Crippen LogP contribution in [0, 0.1) is 0 Å². The molecule has 4 unspecified atom stereocenters. The van der Waals surface area contributed by atoms with Crippen molar-refractivity contribution in [2.24, 2.45) is 5.73 Å². The van der Waals surface area contributed by atoms with E-state index in [1.807, 2.05) is 30.3 Å². The minimum Gasteiger partial charge on any atom is -0.469 e. The highest BCUT2D eigenvalue weighted by atomic mass is 16.3. The minimum absolute atomic E-state index is 0.00669. The van der Waals surface area contributed by atoms with E-state index in [2.05, 4.69) is 36.6 Å². The smallest absolute Gasteiger partial charge is 0.271 e. The van der Waals surface area contributed by atoms with Crippen molar-refractivity contribution in [1.82, 2.24) is 36.6 Å². The molecule has 3 heterocycles. The summed E-state index contributed by atoms with van der Waals surface area (Å²) >= 11 is 0. The highest BCUT2D eigenvalue weighted by molar-refractivity contribution is 6.00. The van der Waals surface area contributed by atoms with Gasteiger partial charge in [-0.05, 0) is 49.8 Å². The van der Waals surface area contributed by atoms with Gasteiger partial charge in [-0.15, -0.1) is 0 Å². The second-order valence-corrected chi connectivity index (χ2v) is 12.2. The fourth-order valence-electron chi connectivity index (χ4n) is 5.38. The van der Waals surface area contributed by atoms with Crippen LogP contribution in [0.2, 0.25) is 0 Å². The third-order valence-electron chi connectivity index (χ3n) is 8.15. The fraction of sp³-hybridized carbons (Fsp3) is 0.324. The summed E-state index contributed by atoms with van der Waals surface area (Å²) in [6.07, 6.45) is 11.1. The third kappa shape index (κ3) is 13.3. The van der Waals surface area contributed by atoms with Gasteiger partial charge in [-0.3, -0.25) is 38.5 Å². The maximum absolute atomic E-state index is 13.9. The molecule has 2 aromatic heterocycles. The molecule has 53 heavy (non-hydrogen) atoms. The first-order valence-electron chi connectivity index (χ1n) is 17.1. The van der Waals surface area contributed by atoms with E-state index in [4.69, 9.17) is 10.2 Å². The molecule has 6 amide bonds. The summed E-state index contributed by atoms with van der Waals surface area (Å²) in [5.74, 6) is -4.29. The van der Waals surface area contributed by atoms with Crippen LogP contribution in [-0.4, -0.2) is 81.9 Å². The molecule has 0 bridgehead atoms. The van der Waals surface area contributed by atoms with Crippen LogP contribution >= 0.6 is 0 Å². The van der Waals surface area contributed by atoms with Gasteiger partial charge in [-0.25, -0.2) is 4.98 Å². The van der Waals surface area contributed by atoms with Crippen LogP contribution in [0.3, 0.4) is 0 Å². The predicted molar refractivity (Wildman–Crippen MR) is 191 cm³/mol. The van der Waals surface area contributed by atoms with Crippen LogP contribution in [0.5, 0.6) is 0 Å². The lowest BCUT2D eigenvalue weighted by Crippen LogP contribution is -2.56. The van der Waals surface area contributed by atoms with E-state index in [0.29, 0.717) is 5.76 Å². The Hall–Kier alpha value is -6.45. The number of primary amides is 1. The number of rotatable bonds is 11. The zero-order valence-corrected chi connectivity index (χ0v) is 28.9. The van der Waals surface area contributed by atoms with Crippen molar-refractivity contribution >= 4 is 47.3 Å². The fourth-order valence-corrected chi connectivity index (χ4v) is 5.38. The van der Waals surface area contributed by atoms with Crippen LogP contribution < -0.4 is 32.3 Å². The lowest BCUT2D eigenvalue weighted by Gasteiger charge is -2.25. The highest BCUT2D eigenvalue weighted by Gasteiger charge is 2.30. The van der Waals surface area contributed by atoms with Crippen LogP contribution in [0.25, 0.3) is 6.08 Å². The molecule has 0 spiro atoms.